The van der Waals surface area contributed by atoms with E-state index in [1.54, 1.807) is 6.92 Å². The van der Waals surface area contributed by atoms with Crippen LogP contribution in [0.5, 0.6) is 0 Å². The molecule has 1 aliphatic rings. The van der Waals surface area contributed by atoms with Gasteiger partial charge in [0.2, 0.25) is 0 Å². The average molecular weight is 306 g/mol. The lowest BCUT2D eigenvalue weighted by molar-refractivity contribution is -0.155. The molecule has 0 saturated carbocycles. The summed E-state index contributed by atoms with van der Waals surface area (Å²) in [6.45, 7) is 2.35. The molecule has 118 valence electrons. The maximum atomic E-state index is 12.5. The van der Waals surface area contributed by atoms with E-state index in [4.69, 9.17) is 4.74 Å². The summed E-state index contributed by atoms with van der Waals surface area (Å²) in [7, 11) is 0. The van der Waals surface area contributed by atoms with Crippen LogP contribution in [0.1, 0.15) is 18.9 Å². The molecule has 0 aliphatic carbocycles. The first kappa shape index (κ1) is 16.0. The lowest BCUT2D eigenvalue weighted by Crippen LogP contribution is -2.53. The SMILES string of the molecule is CCOC(=O)C(=O)NNC(=O)C1(c2ccccc2)CCOC1. The molecule has 1 aromatic rings. The second-order valence-corrected chi connectivity index (χ2v) is 4.88. The van der Waals surface area contributed by atoms with Crippen molar-refractivity contribution < 1.29 is 23.9 Å². The zero-order valence-electron chi connectivity index (χ0n) is 12.3. The van der Waals surface area contributed by atoms with Crippen molar-refractivity contribution in [2.45, 2.75) is 18.8 Å². The molecule has 0 spiro atoms. The summed E-state index contributed by atoms with van der Waals surface area (Å²) < 4.78 is 9.91. The first-order valence-electron chi connectivity index (χ1n) is 7.01. The Bertz CT molecular complexity index is 552. The van der Waals surface area contributed by atoms with Gasteiger partial charge in [0.15, 0.2) is 0 Å². The van der Waals surface area contributed by atoms with Crippen LogP contribution >= 0.6 is 0 Å². The van der Waals surface area contributed by atoms with Gasteiger partial charge in [0.1, 0.15) is 5.41 Å². The van der Waals surface area contributed by atoms with Gasteiger partial charge in [-0.3, -0.25) is 20.4 Å². The van der Waals surface area contributed by atoms with E-state index in [2.05, 4.69) is 15.6 Å². The van der Waals surface area contributed by atoms with E-state index < -0.39 is 23.2 Å². The molecule has 2 amide bonds. The lowest BCUT2D eigenvalue weighted by Gasteiger charge is -2.26. The Morgan fingerprint density at radius 3 is 2.55 bits per heavy atom. The highest BCUT2D eigenvalue weighted by molar-refractivity contribution is 6.32. The van der Waals surface area contributed by atoms with Gasteiger partial charge in [-0.05, 0) is 18.9 Å². The summed E-state index contributed by atoms with van der Waals surface area (Å²) in [5.41, 5.74) is 4.28. The predicted octanol–water partition coefficient (Wildman–Crippen LogP) is 0.0552. The van der Waals surface area contributed by atoms with E-state index in [1.165, 1.54) is 0 Å². The highest BCUT2D eigenvalue weighted by Crippen LogP contribution is 2.33. The summed E-state index contributed by atoms with van der Waals surface area (Å²) in [6.07, 6.45) is 0.498. The topological polar surface area (TPSA) is 93.7 Å². The minimum atomic E-state index is -1.04. The molecule has 0 bridgehead atoms. The molecule has 1 aromatic carbocycles. The van der Waals surface area contributed by atoms with E-state index in [9.17, 15) is 14.4 Å². The monoisotopic (exact) mass is 306 g/mol. The Hall–Kier alpha value is -2.41. The minimum Gasteiger partial charge on any atom is -0.459 e. The molecule has 1 aliphatic heterocycles. The van der Waals surface area contributed by atoms with E-state index in [0.29, 0.717) is 13.0 Å². The lowest BCUT2D eigenvalue weighted by atomic mass is 9.79. The highest BCUT2D eigenvalue weighted by Gasteiger charge is 2.44. The molecule has 0 aromatic heterocycles. The first-order valence-corrected chi connectivity index (χ1v) is 7.01. The maximum Gasteiger partial charge on any atom is 0.398 e. The van der Waals surface area contributed by atoms with Gasteiger partial charge in [-0.15, -0.1) is 0 Å². The van der Waals surface area contributed by atoms with Gasteiger partial charge in [-0.1, -0.05) is 30.3 Å². The zero-order valence-corrected chi connectivity index (χ0v) is 12.3. The molecule has 1 atom stereocenters. The molecule has 2 N–H and O–H groups in total. The Morgan fingerprint density at radius 2 is 1.95 bits per heavy atom. The number of amides is 2. The summed E-state index contributed by atoms with van der Waals surface area (Å²) in [4.78, 5) is 35.2. The maximum absolute atomic E-state index is 12.5. The van der Waals surface area contributed by atoms with Crippen LogP contribution in [0.25, 0.3) is 0 Å². The smallest absolute Gasteiger partial charge is 0.398 e. The third-order valence-corrected chi connectivity index (χ3v) is 3.53. The van der Waals surface area contributed by atoms with Crippen molar-refractivity contribution >= 4 is 17.8 Å². The number of hydrogen-bond donors (Lipinski definition) is 2. The second kappa shape index (κ2) is 7.04. The standard InChI is InChI=1S/C15H18N2O5/c1-2-22-13(19)12(18)16-17-14(20)15(8-9-21-10-15)11-6-4-3-5-7-11/h3-7H,2,8-10H2,1H3,(H,16,18)(H,17,20). The van der Waals surface area contributed by atoms with Crippen LogP contribution in [0.15, 0.2) is 30.3 Å². The molecule has 7 nitrogen and oxygen atoms in total. The molecular formula is C15H18N2O5. The van der Waals surface area contributed by atoms with Crippen LogP contribution < -0.4 is 10.9 Å². The number of esters is 1. The number of carbonyl (C=O) groups is 3. The number of hydrazine groups is 1. The second-order valence-electron chi connectivity index (χ2n) is 4.88. The number of benzene rings is 1. The molecular weight excluding hydrogens is 288 g/mol. The number of rotatable bonds is 3. The Kier molecular flexibility index (Phi) is 5.11. The fourth-order valence-corrected chi connectivity index (χ4v) is 2.34. The average Bonchev–Trinajstić information content (AvgIpc) is 3.04. The molecule has 22 heavy (non-hydrogen) atoms. The Balaban J connectivity index is 2.06. The first-order chi connectivity index (χ1) is 10.6. The fraction of sp³-hybridized carbons (Fsp3) is 0.400. The Morgan fingerprint density at radius 1 is 1.23 bits per heavy atom. The van der Waals surface area contributed by atoms with E-state index in [-0.39, 0.29) is 13.2 Å². The fourth-order valence-electron chi connectivity index (χ4n) is 2.34. The predicted molar refractivity (Wildman–Crippen MR) is 76.5 cm³/mol. The normalized spacial score (nSPS) is 20.2. The summed E-state index contributed by atoms with van der Waals surface area (Å²) in [5.74, 6) is -2.48. The molecule has 0 radical (unpaired) electrons. The van der Waals surface area contributed by atoms with Gasteiger partial charge >= 0.3 is 11.9 Å². The van der Waals surface area contributed by atoms with Gasteiger partial charge in [0.05, 0.1) is 13.2 Å². The summed E-state index contributed by atoms with van der Waals surface area (Å²) in [5, 5.41) is 0. The van der Waals surface area contributed by atoms with Gasteiger partial charge in [0.25, 0.3) is 5.91 Å². The van der Waals surface area contributed by atoms with Gasteiger partial charge in [0, 0.05) is 6.61 Å². The van der Waals surface area contributed by atoms with E-state index in [1.807, 2.05) is 30.3 Å². The molecule has 1 heterocycles. The molecule has 1 fully saturated rings. The van der Waals surface area contributed by atoms with Gasteiger partial charge in [-0.2, -0.15) is 0 Å². The molecule has 2 rings (SSSR count). The van der Waals surface area contributed by atoms with Crippen LogP contribution in [-0.2, 0) is 29.3 Å². The van der Waals surface area contributed by atoms with Crippen molar-refractivity contribution in [3.05, 3.63) is 35.9 Å². The minimum absolute atomic E-state index is 0.0853. The summed E-state index contributed by atoms with van der Waals surface area (Å²) >= 11 is 0. The number of hydrogen-bond acceptors (Lipinski definition) is 5. The van der Waals surface area contributed by atoms with Crippen LogP contribution in [-0.4, -0.2) is 37.6 Å². The van der Waals surface area contributed by atoms with Crippen molar-refractivity contribution in [3.8, 4) is 0 Å². The largest absolute Gasteiger partial charge is 0.459 e. The molecule has 1 saturated heterocycles. The van der Waals surface area contributed by atoms with Crippen molar-refractivity contribution in [3.63, 3.8) is 0 Å². The highest BCUT2D eigenvalue weighted by atomic mass is 16.5. The van der Waals surface area contributed by atoms with Crippen LogP contribution in [0.2, 0.25) is 0 Å². The zero-order chi connectivity index (χ0) is 16.0. The quantitative estimate of drug-likeness (QED) is 0.468. The number of ether oxygens (including phenoxy) is 2. The van der Waals surface area contributed by atoms with Crippen molar-refractivity contribution in [1.29, 1.82) is 0 Å². The summed E-state index contributed by atoms with van der Waals surface area (Å²) in [6, 6.07) is 9.19. The van der Waals surface area contributed by atoms with Crippen LogP contribution in [0.4, 0.5) is 0 Å². The number of nitrogens with one attached hydrogen (secondary N) is 2. The van der Waals surface area contributed by atoms with Crippen molar-refractivity contribution in [1.82, 2.24) is 10.9 Å². The van der Waals surface area contributed by atoms with Gasteiger partial charge in [-0.25, -0.2) is 4.79 Å². The van der Waals surface area contributed by atoms with Crippen molar-refractivity contribution in [2.75, 3.05) is 19.8 Å². The molecule has 1 unspecified atom stereocenters. The van der Waals surface area contributed by atoms with Crippen molar-refractivity contribution in [2.24, 2.45) is 0 Å². The Labute approximate surface area is 127 Å². The van der Waals surface area contributed by atoms with E-state index in [0.717, 1.165) is 5.56 Å². The van der Waals surface area contributed by atoms with E-state index >= 15 is 0 Å². The van der Waals surface area contributed by atoms with Crippen LogP contribution in [0.3, 0.4) is 0 Å². The molecule has 7 heteroatoms. The van der Waals surface area contributed by atoms with Gasteiger partial charge < -0.3 is 9.47 Å². The third-order valence-electron chi connectivity index (χ3n) is 3.53. The third kappa shape index (κ3) is 3.25. The number of carbonyl (C=O) groups excluding carboxylic acids is 3. The van der Waals surface area contributed by atoms with Crippen LogP contribution in [0, 0.1) is 0 Å².